The van der Waals surface area contributed by atoms with E-state index in [1.54, 1.807) is 19.1 Å². The number of benzene rings is 2. The number of hydrogen-bond acceptors (Lipinski definition) is 5. The first-order valence-electron chi connectivity index (χ1n) is 10.6. The van der Waals surface area contributed by atoms with E-state index in [0.717, 1.165) is 17.7 Å². The van der Waals surface area contributed by atoms with Gasteiger partial charge in [-0.1, -0.05) is 35.8 Å². The maximum absolute atomic E-state index is 12.5. The summed E-state index contributed by atoms with van der Waals surface area (Å²) >= 11 is 0. The lowest BCUT2D eigenvalue weighted by atomic mass is 10.0. The molecule has 0 radical (unpaired) electrons. The average molecular weight is 405 g/mol. The number of piperidine rings is 1. The standard InChI is InChI=1S/C24H28N4O2/c1-17-5-3-4-14-28(17)16-20-8-6-19(7-9-20)15-25-23(29)21-10-12-22(13-11-21)24-26-18(2)27-30-24/h6-13,17H,3-5,14-16H2,1-2H3,(H,25,29). The fourth-order valence-electron chi connectivity index (χ4n) is 3.85. The normalized spacial score (nSPS) is 17.1. The van der Waals surface area contributed by atoms with Gasteiger partial charge in [0, 0.05) is 30.3 Å². The second-order valence-electron chi connectivity index (χ2n) is 8.04. The van der Waals surface area contributed by atoms with E-state index >= 15 is 0 Å². The van der Waals surface area contributed by atoms with Crippen LogP contribution in [0.1, 0.15) is 53.5 Å². The highest BCUT2D eigenvalue weighted by molar-refractivity contribution is 5.94. The zero-order chi connectivity index (χ0) is 20.9. The molecule has 1 fully saturated rings. The molecule has 0 aliphatic carbocycles. The van der Waals surface area contributed by atoms with Crippen molar-refractivity contribution in [1.29, 1.82) is 0 Å². The Morgan fingerprint density at radius 2 is 1.83 bits per heavy atom. The number of aromatic nitrogens is 2. The highest BCUT2D eigenvalue weighted by Crippen LogP contribution is 2.20. The molecule has 1 unspecified atom stereocenters. The zero-order valence-corrected chi connectivity index (χ0v) is 17.6. The number of rotatable bonds is 6. The maximum atomic E-state index is 12.5. The predicted molar refractivity (Wildman–Crippen MR) is 116 cm³/mol. The molecule has 30 heavy (non-hydrogen) atoms. The van der Waals surface area contributed by atoms with E-state index in [2.05, 4.69) is 51.5 Å². The van der Waals surface area contributed by atoms with Crippen molar-refractivity contribution in [2.75, 3.05) is 6.54 Å². The number of amides is 1. The number of carbonyl (C=O) groups is 1. The Labute approximate surface area is 177 Å². The topological polar surface area (TPSA) is 71.3 Å². The lowest BCUT2D eigenvalue weighted by Crippen LogP contribution is -2.36. The molecule has 1 atom stereocenters. The van der Waals surface area contributed by atoms with Gasteiger partial charge in [-0.25, -0.2) is 0 Å². The molecule has 0 bridgehead atoms. The van der Waals surface area contributed by atoms with Crippen LogP contribution in [-0.4, -0.2) is 33.5 Å². The molecule has 156 valence electrons. The van der Waals surface area contributed by atoms with Crippen molar-refractivity contribution in [1.82, 2.24) is 20.4 Å². The van der Waals surface area contributed by atoms with Gasteiger partial charge in [0.1, 0.15) is 0 Å². The quantitative estimate of drug-likeness (QED) is 0.661. The third-order valence-corrected chi connectivity index (χ3v) is 5.72. The zero-order valence-electron chi connectivity index (χ0n) is 17.6. The molecule has 1 N–H and O–H groups in total. The van der Waals surface area contributed by atoms with Crippen LogP contribution in [-0.2, 0) is 13.1 Å². The molecule has 0 saturated carbocycles. The fraction of sp³-hybridized carbons (Fsp3) is 0.375. The predicted octanol–water partition coefficient (Wildman–Crippen LogP) is 4.35. The van der Waals surface area contributed by atoms with Gasteiger partial charge in [0.25, 0.3) is 11.8 Å². The number of nitrogens with zero attached hydrogens (tertiary/aromatic N) is 3. The first kappa shape index (κ1) is 20.3. The minimum absolute atomic E-state index is 0.102. The van der Waals surface area contributed by atoms with Crippen LogP contribution in [0.4, 0.5) is 0 Å². The molecule has 3 aromatic rings. The highest BCUT2D eigenvalue weighted by atomic mass is 16.5. The molecular weight excluding hydrogens is 376 g/mol. The molecule has 4 rings (SSSR count). The molecule has 2 aromatic carbocycles. The van der Waals surface area contributed by atoms with E-state index in [1.807, 2.05) is 12.1 Å². The largest absolute Gasteiger partial charge is 0.348 e. The number of nitrogens with one attached hydrogen (secondary N) is 1. The smallest absolute Gasteiger partial charge is 0.257 e. The Hall–Kier alpha value is -2.99. The third kappa shape index (κ3) is 4.94. The van der Waals surface area contributed by atoms with Crippen molar-refractivity contribution in [3.05, 3.63) is 71.0 Å². The first-order chi connectivity index (χ1) is 14.6. The monoisotopic (exact) mass is 404 g/mol. The van der Waals surface area contributed by atoms with Crippen LogP contribution in [0.15, 0.2) is 53.1 Å². The minimum atomic E-state index is -0.102. The highest BCUT2D eigenvalue weighted by Gasteiger charge is 2.18. The molecule has 1 amide bonds. The number of carbonyl (C=O) groups excluding carboxylic acids is 1. The number of likely N-dealkylation sites (tertiary alicyclic amines) is 1. The van der Waals surface area contributed by atoms with Crippen molar-refractivity contribution in [2.45, 2.75) is 52.2 Å². The summed E-state index contributed by atoms with van der Waals surface area (Å²) in [4.78, 5) is 19.2. The summed E-state index contributed by atoms with van der Waals surface area (Å²) < 4.78 is 5.15. The van der Waals surface area contributed by atoms with E-state index in [1.165, 1.54) is 31.4 Å². The van der Waals surface area contributed by atoms with Gasteiger partial charge in [-0.05, 0) is 68.6 Å². The molecule has 1 aliphatic heterocycles. The molecule has 0 spiro atoms. The van der Waals surface area contributed by atoms with Gasteiger partial charge in [0.05, 0.1) is 0 Å². The molecule has 2 heterocycles. The van der Waals surface area contributed by atoms with Crippen LogP contribution >= 0.6 is 0 Å². The SMILES string of the molecule is Cc1noc(-c2ccc(C(=O)NCc3ccc(CN4CCCCC4C)cc3)cc2)n1. The van der Waals surface area contributed by atoms with Gasteiger partial charge in [-0.3, -0.25) is 9.69 Å². The van der Waals surface area contributed by atoms with Crippen molar-refractivity contribution in [3.63, 3.8) is 0 Å². The van der Waals surface area contributed by atoms with E-state index in [4.69, 9.17) is 4.52 Å². The Bertz CT molecular complexity index is 979. The van der Waals surface area contributed by atoms with Gasteiger partial charge in [0.2, 0.25) is 0 Å². The Morgan fingerprint density at radius 3 is 2.50 bits per heavy atom. The molecule has 1 saturated heterocycles. The van der Waals surface area contributed by atoms with Gasteiger partial charge >= 0.3 is 0 Å². The molecule has 1 aromatic heterocycles. The summed E-state index contributed by atoms with van der Waals surface area (Å²) in [6, 6.07) is 16.4. The molecule has 1 aliphatic rings. The van der Waals surface area contributed by atoms with Gasteiger partial charge in [-0.15, -0.1) is 0 Å². The van der Waals surface area contributed by atoms with Crippen molar-refractivity contribution >= 4 is 5.91 Å². The van der Waals surface area contributed by atoms with Gasteiger partial charge in [0.15, 0.2) is 5.82 Å². The van der Waals surface area contributed by atoms with Crippen LogP contribution in [0.25, 0.3) is 11.5 Å². The van der Waals surface area contributed by atoms with Crippen LogP contribution in [0.3, 0.4) is 0 Å². The second-order valence-corrected chi connectivity index (χ2v) is 8.04. The van der Waals surface area contributed by atoms with Gasteiger partial charge in [-0.2, -0.15) is 4.98 Å². The van der Waals surface area contributed by atoms with Crippen molar-refractivity contribution in [3.8, 4) is 11.5 Å². The average Bonchev–Trinajstić information content (AvgIpc) is 3.21. The van der Waals surface area contributed by atoms with Crippen LogP contribution in [0.5, 0.6) is 0 Å². The second kappa shape index (κ2) is 9.22. The summed E-state index contributed by atoms with van der Waals surface area (Å²) in [5.74, 6) is 0.941. The Morgan fingerprint density at radius 1 is 1.10 bits per heavy atom. The summed E-state index contributed by atoms with van der Waals surface area (Å²) in [6.07, 6.45) is 3.93. The third-order valence-electron chi connectivity index (χ3n) is 5.72. The van der Waals surface area contributed by atoms with E-state index in [0.29, 0.717) is 29.9 Å². The summed E-state index contributed by atoms with van der Waals surface area (Å²) in [5.41, 5.74) is 3.82. The molecular formula is C24H28N4O2. The van der Waals surface area contributed by atoms with E-state index < -0.39 is 0 Å². The fourth-order valence-corrected chi connectivity index (χ4v) is 3.85. The molecule has 6 heteroatoms. The van der Waals surface area contributed by atoms with Crippen LogP contribution in [0, 0.1) is 6.92 Å². The number of hydrogen-bond donors (Lipinski definition) is 1. The van der Waals surface area contributed by atoms with Crippen LogP contribution < -0.4 is 5.32 Å². The number of aryl methyl sites for hydroxylation is 1. The lowest BCUT2D eigenvalue weighted by Gasteiger charge is -2.33. The summed E-state index contributed by atoms with van der Waals surface area (Å²) in [6.45, 7) is 6.78. The summed E-state index contributed by atoms with van der Waals surface area (Å²) in [5, 5.41) is 6.77. The minimum Gasteiger partial charge on any atom is -0.348 e. The molecule has 6 nitrogen and oxygen atoms in total. The lowest BCUT2D eigenvalue weighted by molar-refractivity contribution is 0.0951. The van der Waals surface area contributed by atoms with E-state index in [-0.39, 0.29) is 5.91 Å². The van der Waals surface area contributed by atoms with Crippen LogP contribution in [0.2, 0.25) is 0 Å². The Balaban J connectivity index is 1.30. The first-order valence-corrected chi connectivity index (χ1v) is 10.6. The van der Waals surface area contributed by atoms with Crippen molar-refractivity contribution in [2.24, 2.45) is 0 Å². The Kier molecular flexibility index (Phi) is 6.23. The van der Waals surface area contributed by atoms with E-state index in [9.17, 15) is 4.79 Å². The van der Waals surface area contributed by atoms with Gasteiger partial charge < -0.3 is 9.84 Å². The van der Waals surface area contributed by atoms with Crippen molar-refractivity contribution < 1.29 is 9.32 Å². The maximum Gasteiger partial charge on any atom is 0.257 e. The summed E-state index contributed by atoms with van der Waals surface area (Å²) in [7, 11) is 0.